The highest BCUT2D eigenvalue weighted by Gasteiger charge is 2.38. The molecule has 0 spiro atoms. The lowest BCUT2D eigenvalue weighted by Crippen LogP contribution is -2.26. The summed E-state index contributed by atoms with van der Waals surface area (Å²) in [5.74, 6) is -2.29. The molecule has 138 valence electrons. The number of hydrogen-bond acceptors (Lipinski definition) is 6. The van der Waals surface area contributed by atoms with Gasteiger partial charge in [-0.2, -0.15) is 14.0 Å². The summed E-state index contributed by atoms with van der Waals surface area (Å²) in [6, 6.07) is 5.75. The Labute approximate surface area is 153 Å². The quantitative estimate of drug-likeness (QED) is 0.779. The Kier molecular flexibility index (Phi) is 6.05. The number of benzene rings is 1. The summed E-state index contributed by atoms with van der Waals surface area (Å²) in [6.07, 6.45) is 0. The smallest absolute Gasteiger partial charge is 0.387 e. The molecule has 0 amide bonds. The molecule has 0 aromatic heterocycles. The summed E-state index contributed by atoms with van der Waals surface area (Å²) in [4.78, 5) is 12.4. The van der Waals surface area contributed by atoms with Crippen molar-refractivity contribution in [3.05, 3.63) is 51.6 Å². The second-order valence-corrected chi connectivity index (χ2v) is 5.61. The van der Waals surface area contributed by atoms with Crippen LogP contribution in [0.2, 0.25) is 5.02 Å². The lowest BCUT2D eigenvalue weighted by atomic mass is 9.82. The van der Waals surface area contributed by atoms with Crippen molar-refractivity contribution >= 4 is 17.6 Å². The van der Waals surface area contributed by atoms with E-state index >= 15 is 0 Å². The second-order valence-electron chi connectivity index (χ2n) is 5.18. The highest BCUT2D eigenvalue weighted by molar-refractivity contribution is 6.30. The summed E-state index contributed by atoms with van der Waals surface area (Å²) in [5.41, 5.74) is 5.65. The van der Waals surface area contributed by atoms with E-state index in [4.69, 9.17) is 26.8 Å². The van der Waals surface area contributed by atoms with Gasteiger partial charge in [-0.25, -0.2) is 4.79 Å². The predicted octanol–water partition coefficient (Wildman–Crippen LogP) is 3.59. The van der Waals surface area contributed by atoms with Crippen LogP contribution in [-0.2, 0) is 14.3 Å². The number of nitrogens with two attached hydrogens (primary N) is 1. The first-order chi connectivity index (χ1) is 12.3. The molecule has 1 heterocycles. The number of carbonyl (C=O) groups excluding carboxylic acids is 1. The average molecular weight is 385 g/mol. The monoisotopic (exact) mass is 384 g/mol. The molecule has 1 unspecified atom stereocenters. The van der Waals surface area contributed by atoms with E-state index in [0.717, 1.165) is 0 Å². The molecule has 0 fully saturated rings. The molecule has 1 aliphatic rings. The van der Waals surface area contributed by atoms with E-state index in [1.54, 1.807) is 6.92 Å². The van der Waals surface area contributed by atoms with E-state index in [0.29, 0.717) is 0 Å². The Hall–Kier alpha value is -2.79. The number of halogens is 3. The van der Waals surface area contributed by atoms with Gasteiger partial charge in [0.15, 0.2) is 0 Å². The van der Waals surface area contributed by atoms with E-state index in [2.05, 4.69) is 4.74 Å². The highest BCUT2D eigenvalue weighted by atomic mass is 35.5. The zero-order valence-corrected chi connectivity index (χ0v) is 14.6. The molecule has 26 heavy (non-hydrogen) atoms. The lowest BCUT2D eigenvalue weighted by Gasteiger charge is -2.28. The van der Waals surface area contributed by atoms with Crippen LogP contribution >= 0.6 is 11.6 Å². The van der Waals surface area contributed by atoms with Gasteiger partial charge in [-0.15, -0.1) is 0 Å². The average Bonchev–Trinajstić information content (AvgIpc) is 2.55. The van der Waals surface area contributed by atoms with Crippen molar-refractivity contribution in [2.24, 2.45) is 5.73 Å². The van der Waals surface area contributed by atoms with Gasteiger partial charge in [0.25, 0.3) is 0 Å². The summed E-state index contributed by atoms with van der Waals surface area (Å²) >= 11 is 5.99. The second kappa shape index (κ2) is 8.06. The third-order valence-corrected chi connectivity index (χ3v) is 3.83. The van der Waals surface area contributed by atoms with Gasteiger partial charge in [-0.05, 0) is 32.0 Å². The minimum Gasteiger partial charge on any atom is -0.463 e. The topological polar surface area (TPSA) is 94.6 Å². The molecule has 0 saturated carbocycles. The van der Waals surface area contributed by atoms with Crippen LogP contribution in [0.25, 0.3) is 0 Å². The SMILES string of the molecule is CCOC(=O)C1=C(C)OC(N)=C(C#N)C1c1cc(Cl)ccc1OC(F)F. The summed E-state index contributed by atoms with van der Waals surface area (Å²) < 4.78 is 40.4. The standard InChI is InChI=1S/C17H15ClF2N2O4/c1-3-24-16(23)13-8(2)25-15(22)11(7-21)14(13)10-6-9(18)4-5-12(10)26-17(19)20/h4-6,14,17H,3,22H2,1-2H3. The molecule has 2 rings (SSSR count). The fourth-order valence-corrected chi connectivity index (χ4v) is 2.79. The Morgan fingerprint density at radius 2 is 2.19 bits per heavy atom. The number of nitrogens with zero attached hydrogens (tertiary/aromatic N) is 1. The number of hydrogen-bond donors (Lipinski definition) is 1. The highest BCUT2D eigenvalue weighted by Crippen LogP contribution is 2.44. The first-order valence-electron chi connectivity index (χ1n) is 7.49. The molecular formula is C17H15ClF2N2O4. The maximum atomic E-state index is 12.8. The minimum absolute atomic E-state index is 0.0426. The van der Waals surface area contributed by atoms with Gasteiger partial charge in [-0.3, -0.25) is 0 Å². The summed E-state index contributed by atoms with van der Waals surface area (Å²) in [5, 5.41) is 9.69. The van der Waals surface area contributed by atoms with Crippen molar-refractivity contribution in [1.82, 2.24) is 0 Å². The molecule has 1 aromatic rings. The molecule has 0 saturated heterocycles. The van der Waals surface area contributed by atoms with Crippen molar-refractivity contribution in [3.63, 3.8) is 0 Å². The Morgan fingerprint density at radius 1 is 1.50 bits per heavy atom. The van der Waals surface area contributed by atoms with E-state index in [1.165, 1.54) is 25.1 Å². The Balaban J connectivity index is 2.71. The zero-order chi connectivity index (χ0) is 19.4. The molecule has 0 bridgehead atoms. The number of ether oxygens (including phenoxy) is 3. The number of alkyl halides is 2. The van der Waals surface area contributed by atoms with Crippen LogP contribution in [-0.4, -0.2) is 19.2 Å². The normalized spacial score (nSPS) is 17.0. The van der Waals surface area contributed by atoms with Crippen LogP contribution in [0.5, 0.6) is 5.75 Å². The van der Waals surface area contributed by atoms with Gasteiger partial charge >= 0.3 is 12.6 Å². The maximum absolute atomic E-state index is 12.8. The predicted molar refractivity (Wildman–Crippen MR) is 88.1 cm³/mol. The number of carbonyl (C=O) groups is 1. The summed E-state index contributed by atoms with van der Waals surface area (Å²) in [7, 11) is 0. The summed E-state index contributed by atoms with van der Waals surface area (Å²) in [6.45, 7) is 0.0162. The van der Waals surface area contributed by atoms with Crippen LogP contribution in [0.15, 0.2) is 41.0 Å². The fraction of sp³-hybridized carbons (Fsp3) is 0.294. The number of rotatable bonds is 5. The molecule has 0 aliphatic carbocycles. The number of allylic oxidation sites excluding steroid dienone is 2. The first kappa shape index (κ1) is 19.5. The third kappa shape index (κ3) is 3.89. The molecule has 9 heteroatoms. The van der Waals surface area contributed by atoms with Crippen molar-refractivity contribution in [2.75, 3.05) is 6.61 Å². The van der Waals surface area contributed by atoms with Crippen molar-refractivity contribution < 1.29 is 27.8 Å². The molecule has 1 aliphatic heterocycles. The van der Waals surface area contributed by atoms with Crippen LogP contribution in [0.1, 0.15) is 25.3 Å². The molecule has 1 aromatic carbocycles. The van der Waals surface area contributed by atoms with E-state index in [9.17, 15) is 18.8 Å². The van der Waals surface area contributed by atoms with Crippen LogP contribution in [0.3, 0.4) is 0 Å². The van der Waals surface area contributed by atoms with Gasteiger partial charge in [-0.1, -0.05) is 11.6 Å². The zero-order valence-electron chi connectivity index (χ0n) is 13.9. The molecule has 6 nitrogen and oxygen atoms in total. The third-order valence-electron chi connectivity index (χ3n) is 3.60. The van der Waals surface area contributed by atoms with Crippen LogP contribution in [0.4, 0.5) is 8.78 Å². The lowest BCUT2D eigenvalue weighted by molar-refractivity contribution is -0.139. The van der Waals surface area contributed by atoms with Gasteiger partial charge < -0.3 is 19.9 Å². The van der Waals surface area contributed by atoms with Gasteiger partial charge in [0, 0.05) is 10.6 Å². The van der Waals surface area contributed by atoms with Gasteiger partial charge in [0.05, 0.1) is 18.1 Å². The van der Waals surface area contributed by atoms with Gasteiger partial charge in [0.2, 0.25) is 5.88 Å². The van der Waals surface area contributed by atoms with Crippen LogP contribution < -0.4 is 10.5 Å². The number of nitriles is 1. The van der Waals surface area contributed by atoms with Gasteiger partial charge in [0.1, 0.15) is 23.2 Å². The van der Waals surface area contributed by atoms with E-state index in [-0.39, 0.29) is 45.7 Å². The van der Waals surface area contributed by atoms with E-state index < -0.39 is 18.5 Å². The molecule has 0 radical (unpaired) electrons. The minimum atomic E-state index is -3.11. The molecule has 2 N–H and O–H groups in total. The maximum Gasteiger partial charge on any atom is 0.387 e. The van der Waals surface area contributed by atoms with Crippen molar-refractivity contribution in [1.29, 1.82) is 5.26 Å². The van der Waals surface area contributed by atoms with E-state index in [1.807, 2.05) is 6.07 Å². The molecular weight excluding hydrogens is 370 g/mol. The Morgan fingerprint density at radius 3 is 2.77 bits per heavy atom. The van der Waals surface area contributed by atoms with Crippen molar-refractivity contribution in [3.8, 4) is 11.8 Å². The molecule has 1 atom stereocenters. The largest absolute Gasteiger partial charge is 0.463 e. The Bertz CT molecular complexity index is 831. The van der Waals surface area contributed by atoms with Crippen molar-refractivity contribution in [2.45, 2.75) is 26.4 Å². The first-order valence-corrected chi connectivity index (χ1v) is 7.87. The number of esters is 1. The fourth-order valence-electron chi connectivity index (χ4n) is 2.61. The van der Waals surface area contributed by atoms with Crippen LogP contribution in [0, 0.1) is 11.3 Å².